The summed E-state index contributed by atoms with van der Waals surface area (Å²) in [5.74, 6) is 4.89. The molecule has 0 aromatic heterocycles. The number of aliphatic hydroxyl groups is 1. The van der Waals surface area contributed by atoms with Gasteiger partial charge in [-0.05, 0) is 98.7 Å². The van der Waals surface area contributed by atoms with Crippen molar-refractivity contribution in [1.82, 2.24) is 0 Å². The fourth-order valence-corrected chi connectivity index (χ4v) is 8.36. The summed E-state index contributed by atoms with van der Waals surface area (Å²) < 4.78 is 5.31. The first-order chi connectivity index (χ1) is 12.4. The third kappa shape index (κ3) is 2.89. The number of hydrogen-bond donors (Lipinski definition) is 1. The van der Waals surface area contributed by atoms with Crippen molar-refractivity contribution in [1.29, 1.82) is 0 Å². The topological polar surface area (TPSA) is 46.5 Å². The van der Waals surface area contributed by atoms with E-state index in [0.717, 1.165) is 36.5 Å². The predicted molar refractivity (Wildman–Crippen MR) is 103 cm³/mol. The molecule has 0 aromatic rings. The average Bonchev–Trinajstić information content (AvgIpc) is 2.98. The standard InChI is InChI=1S/C23H38O3/c1-15(13-24)20-6-7-21-19-5-4-16-12-23(25,14-26-3)11-9-17(16)18(19)8-10-22(20,21)2/h13,15-21,25H,4-12,14H2,1-3H3/t15-,16-,17+,18-,19-,20-,21+,22-,23+/m1/s1. The highest BCUT2D eigenvalue weighted by Crippen LogP contribution is 2.65. The first-order valence-electron chi connectivity index (χ1n) is 11.1. The molecular weight excluding hydrogens is 324 g/mol. The summed E-state index contributed by atoms with van der Waals surface area (Å²) in [7, 11) is 1.71. The molecule has 0 heterocycles. The Morgan fingerprint density at radius 2 is 1.85 bits per heavy atom. The number of hydrogen-bond acceptors (Lipinski definition) is 3. The predicted octanol–water partition coefficient (Wildman–Crippen LogP) is 4.47. The van der Waals surface area contributed by atoms with Gasteiger partial charge in [-0.3, -0.25) is 0 Å². The SMILES string of the molecule is COC[C@]1(O)CC[C@H]2[C@H](CC[C@@H]3[C@@H]2CC[C@]2(C)[C@@H]([C@H](C)C=O)CC[C@@H]32)C1. The minimum Gasteiger partial charge on any atom is -0.387 e. The molecule has 4 rings (SSSR count). The molecule has 0 amide bonds. The Morgan fingerprint density at radius 3 is 2.58 bits per heavy atom. The van der Waals surface area contributed by atoms with Crippen molar-refractivity contribution in [3.05, 3.63) is 0 Å². The Bertz CT molecular complexity index is 534. The Labute approximate surface area is 159 Å². The Morgan fingerprint density at radius 1 is 1.08 bits per heavy atom. The molecule has 3 heteroatoms. The molecule has 4 fully saturated rings. The van der Waals surface area contributed by atoms with Crippen molar-refractivity contribution in [3.63, 3.8) is 0 Å². The number of rotatable bonds is 4. The Hall–Kier alpha value is -0.410. The number of methoxy groups -OCH3 is 1. The van der Waals surface area contributed by atoms with Crippen LogP contribution in [0.15, 0.2) is 0 Å². The lowest BCUT2D eigenvalue weighted by Crippen LogP contribution is -2.52. The molecule has 9 atom stereocenters. The molecule has 1 N–H and O–H groups in total. The van der Waals surface area contributed by atoms with Gasteiger partial charge < -0.3 is 14.6 Å². The maximum Gasteiger partial charge on any atom is 0.123 e. The zero-order valence-electron chi connectivity index (χ0n) is 17.0. The second kappa shape index (κ2) is 6.88. The summed E-state index contributed by atoms with van der Waals surface area (Å²) in [5.41, 5.74) is -0.191. The highest BCUT2D eigenvalue weighted by molar-refractivity contribution is 5.53. The minimum atomic E-state index is -0.580. The number of fused-ring (bicyclic) bond motifs is 5. The maximum absolute atomic E-state index is 11.5. The van der Waals surface area contributed by atoms with Crippen molar-refractivity contribution in [2.24, 2.45) is 46.8 Å². The van der Waals surface area contributed by atoms with Crippen LogP contribution in [0.1, 0.15) is 71.6 Å². The monoisotopic (exact) mass is 362 g/mol. The second-order valence-electron chi connectivity index (χ2n) is 10.6. The summed E-state index contributed by atoms with van der Waals surface area (Å²) in [6.07, 6.45) is 12.1. The van der Waals surface area contributed by atoms with Crippen LogP contribution in [0.25, 0.3) is 0 Å². The van der Waals surface area contributed by atoms with E-state index in [1.807, 2.05) is 0 Å². The van der Waals surface area contributed by atoms with Crippen molar-refractivity contribution >= 4 is 6.29 Å². The van der Waals surface area contributed by atoms with E-state index in [0.29, 0.717) is 23.9 Å². The molecule has 0 aromatic carbocycles. The Kier molecular flexibility index (Phi) is 5.01. The zero-order valence-corrected chi connectivity index (χ0v) is 17.0. The van der Waals surface area contributed by atoms with Crippen LogP contribution in [-0.2, 0) is 9.53 Å². The van der Waals surface area contributed by atoms with Gasteiger partial charge in [0.15, 0.2) is 0 Å². The highest BCUT2D eigenvalue weighted by Gasteiger charge is 2.58. The van der Waals surface area contributed by atoms with Gasteiger partial charge in [0.25, 0.3) is 0 Å². The first kappa shape index (κ1) is 18.9. The molecule has 4 saturated carbocycles. The van der Waals surface area contributed by atoms with E-state index in [9.17, 15) is 9.90 Å². The maximum atomic E-state index is 11.5. The van der Waals surface area contributed by atoms with Gasteiger partial charge in [0.1, 0.15) is 6.29 Å². The number of ether oxygens (including phenoxy) is 1. The van der Waals surface area contributed by atoms with Crippen molar-refractivity contribution in [2.45, 2.75) is 77.2 Å². The van der Waals surface area contributed by atoms with Crippen LogP contribution in [0.4, 0.5) is 0 Å². The van der Waals surface area contributed by atoms with Gasteiger partial charge in [0.05, 0.1) is 12.2 Å². The highest BCUT2D eigenvalue weighted by atomic mass is 16.5. The van der Waals surface area contributed by atoms with Crippen molar-refractivity contribution in [2.75, 3.05) is 13.7 Å². The van der Waals surface area contributed by atoms with Gasteiger partial charge in [-0.2, -0.15) is 0 Å². The summed E-state index contributed by atoms with van der Waals surface area (Å²) in [6, 6.07) is 0. The zero-order chi connectivity index (χ0) is 18.5. The molecule has 4 aliphatic carbocycles. The van der Waals surface area contributed by atoms with Gasteiger partial charge in [-0.15, -0.1) is 0 Å². The summed E-state index contributed by atoms with van der Waals surface area (Å²) in [4.78, 5) is 11.5. The van der Waals surface area contributed by atoms with E-state index in [1.54, 1.807) is 7.11 Å². The van der Waals surface area contributed by atoms with E-state index < -0.39 is 5.60 Å². The third-order valence-corrected chi connectivity index (χ3v) is 9.44. The molecule has 0 bridgehead atoms. The lowest BCUT2D eigenvalue weighted by Gasteiger charge is -2.57. The fourth-order valence-electron chi connectivity index (χ4n) is 8.36. The van der Waals surface area contributed by atoms with Gasteiger partial charge in [0, 0.05) is 13.0 Å². The molecule has 0 saturated heterocycles. The third-order valence-electron chi connectivity index (χ3n) is 9.44. The molecule has 0 radical (unpaired) electrons. The van der Waals surface area contributed by atoms with Crippen molar-refractivity contribution in [3.8, 4) is 0 Å². The molecule has 3 nitrogen and oxygen atoms in total. The van der Waals surface area contributed by atoms with Gasteiger partial charge >= 0.3 is 0 Å². The van der Waals surface area contributed by atoms with E-state index in [-0.39, 0.29) is 5.92 Å². The lowest BCUT2D eigenvalue weighted by atomic mass is 9.48. The molecule has 0 unspecified atom stereocenters. The number of aldehydes is 1. The Balaban J connectivity index is 1.50. The fraction of sp³-hybridized carbons (Fsp3) is 0.957. The summed E-state index contributed by atoms with van der Waals surface area (Å²) in [6.45, 7) is 5.15. The van der Waals surface area contributed by atoms with Crippen LogP contribution in [-0.4, -0.2) is 30.7 Å². The van der Waals surface area contributed by atoms with Crippen LogP contribution in [0.5, 0.6) is 0 Å². The molecule has 4 aliphatic rings. The first-order valence-corrected chi connectivity index (χ1v) is 11.1. The van der Waals surface area contributed by atoms with Gasteiger partial charge in [0.2, 0.25) is 0 Å². The van der Waals surface area contributed by atoms with E-state index in [2.05, 4.69) is 13.8 Å². The lowest BCUT2D eigenvalue weighted by molar-refractivity contribution is -0.128. The molecule has 0 spiro atoms. The van der Waals surface area contributed by atoms with Crippen LogP contribution < -0.4 is 0 Å². The van der Waals surface area contributed by atoms with Crippen LogP contribution >= 0.6 is 0 Å². The number of carbonyl (C=O) groups is 1. The average molecular weight is 363 g/mol. The molecular formula is C23H38O3. The van der Waals surface area contributed by atoms with Crippen LogP contribution in [0.3, 0.4) is 0 Å². The largest absolute Gasteiger partial charge is 0.387 e. The van der Waals surface area contributed by atoms with Gasteiger partial charge in [-0.25, -0.2) is 0 Å². The van der Waals surface area contributed by atoms with E-state index in [4.69, 9.17) is 4.74 Å². The van der Waals surface area contributed by atoms with E-state index >= 15 is 0 Å². The molecule has 148 valence electrons. The number of carbonyl (C=O) groups excluding carboxylic acids is 1. The smallest absolute Gasteiger partial charge is 0.123 e. The van der Waals surface area contributed by atoms with Crippen molar-refractivity contribution < 1.29 is 14.6 Å². The summed E-state index contributed by atoms with van der Waals surface area (Å²) >= 11 is 0. The quantitative estimate of drug-likeness (QED) is 0.751. The normalized spacial score (nSPS) is 51.8. The van der Waals surface area contributed by atoms with Crippen LogP contribution in [0.2, 0.25) is 0 Å². The minimum absolute atomic E-state index is 0.219. The molecule has 0 aliphatic heterocycles. The van der Waals surface area contributed by atoms with E-state index in [1.165, 1.54) is 51.2 Å². The van der Waals surface area contributed by atoms with Gasteiger partial charge in [-0.1, -0.05) is 13.8 Å². The molecule has 26 heavy (non-hydrogen) atoms. The van der Waals surface area contributed by atoms with Crippen LogP contribution in [0, 0.1) is 46.8 Å². The second-order valence-corrected chi connectivity index (χ2v) is 10.6. The summed E-state index contributed by atoms with van der Waals surface area (Å²) in [5, 5.41) is 10.9.